The van der Waals surface area contributed by atoms with Gasteiger partial charge in [-0.25, -0.2) is 9.97 Å². The summed E-state index contributed by atoms with van der Waals surface area (Å²) >= 11 is 0. The minimum Gasteiger partial charge on any atom is -0.355 e. The maximum atomic E-state index is 4.88. The van der Waals surface area contributed by atoms with Crippen LogP contribution >= 0.6 is 0 Å². The number of aromatic nitrogens is 6. The van der Waals surface area contributed by atoms with Crippen molar-refractivity contribution in [3.63, 3.8) is 0 Å². The Labute approximate surface area is 164 Å². The Morgan fingerprint density at radius 2 is 1.82 bits per heavy atom. The molecule has 0 unspecified atom stereocenters. The summed E-state index contributed by atoms with van der Waals surface area (Å²) in [5.41, 5.74) is 1.94. The van der Waals surface area contributed by atoms with Crippen LogP contribution in [0.3, 0.4) is 0 Å². The van der Waals surface area contributed by atoms with Gasteiger partial charge in [-0.1, -0.05) is 0 Å². The highest BCUT2D eigenvalue weighted by atomic mass is 15.4. The third-order valence-electron chi connectivity index (χ3n) is 5.87. The summed E-state index contributed by atoms with van der Waals surface area (Å²) in [5.74, 6) is 3.29. The van der Waals surface area contributed by atoms with Gasteiger partial charge in [0.2, 0.25) is 0 Å². The van der Waals surface area contributed by atoms with Crippen molar-refractivity contribution in [3.8, 4) is 0 Å². The Kier molecular flexibility index (Phi) is 4.64. The summed E-state index contributed by atoms with van der Waals surface area (Å²) in [4.78, 5) is 13.5. The topological polar surface area (TPSA) is 75.3 Å². The van der Waals surface area contributed by atoms with Gasteiger partial charge in [-0.05, 0) is 63.9 Å². The molecule has 0 aliphatic carbocycles. The molecule has 2 aliphatic rings. The Bertz CT molecular complexity index is 954. The normalized spacial score (nSPS) is 19.0. The molecule has 2 saturated heterocycles. The second kappa shape index (κ2) is 7.43. The molecule has 28 heavy (non-hydrogen) atoms. The molecule has 0 N–H and O–H groups in total. The summed E-state index contributed by atoms with van der Waals surface area (Å²) in [6, 6.07) is 6.13. The molecule has 5 rings (SSSR count). The first-order chi connectivity index (χ1) is 13.8. The lowest BCUT2D eigenvalue weighted by Crippen LogP contribution is -2.33. The summed E-state index contributed by atoms with van der Waals surface area (Å²) in [6.07, 6.45) is 6.48. The van der Waals surface area contributed by atoms with Crippen LogP contribution in [0.4, 0.5) is 5.82 Å². The molecule has 0 amide bonds. The summed E-state index contributed by atoms with van der Waals surface area (Å²) < 4.78 is 1.97. The number of nitrogens with zero attached hydrogens (tertiary/aromatic N) is 8. The van der Waals surface area contributed by atoms with Crippen molar-refractivity contribution >= 4 is 11.5 Å². The molecule has 5 heterocycles. The van der Waals surface area contributed by atoms with Gasteiger partial charge in [0.25, 0.3) is 0 Å². The van der Waals surface area contributed by atoms with Crippen LogP contribution in [-0.2, 0) is 6.54 Å². The van der Waals surface area contributed by atoms with Crippen molar-refractivity contribution in [2.24, 2.45) is 0 Å². The summed E-state index contributed by atoms with van der Waals surface area (Å²) in [7, 11) is 0. The van der Waals surface area contributed by atoms with Crippen molar-refractivity contribution in [2.75, 3.05) is 31.1 Å². The molecular formula is C20H26N8. The van der Waals surface area contributed by atoms with Gasteiger partial charge in [-0.2, -0.15) is 4.52 Å². The van der Waals surface area contributed by atoms with E-state index in [1.807, 2.05) is 29.8 Å². The van der Waals surface area contributed by atoms with Gasteiger partial charge in [0.15, 0.2) is 11.5 Å². The van der Waals surface area contributed by atoms with Gasteiger partial charge < -0.3 is 4.90 Å². The zero-order valence-corrected chi connectivity index (χ0v) is 16.3. The van der Waals surface area contributed by atoms with E-state index in [1.165, 1.54) is 12.8 Å². The van der Waals surface area contributed by atoms with Crippen molar-refractivity contribution in [1.82, 2.24) is 34.7 Å². The molecule has 0 spiro atoms. The van der Waals surface area contributed by atoms with Gasteiger partial charge in [0.05, 0.1) is 5.69 Å². The predicted molar refractivity (Wildman–Crippen MR) is 106 cm³/mol. The lowest BCUT2D eigenvalue weighted by atomic mass is 9.96. The van der Waals surface area contributed by atoms with Crippen molar-refractivity contribution in [3.05, 3.63) is 41.7 Å². The highest BCUT2D eigenvalue weighted by Crippen LogP contribution is 2.28. The summed E-state index contributed by atoms with van der Waals surface area (Å²) in [5, 5.41) is 13.7. The number of piperidine rings is 1. The minimum atomic E-state index is 0.403. The van der Waals surface area contributed by atoms with E-state index in [0.717, 1.165) is 74.4 Å². The Hall–Kier alpha value is -2.61. The van der Waals surface area contributed by atoms with Crippen molar-refractivity contribution in [2.45, 2.75) is 45.1 Å². The highest BCUT2D eigenvalue weighted by molar-refractivity contribution is 5.46. The first-order valence-electron chi connectivity index (χ1n) is 10.2. The number of anilines is 1. The number of hydrogen-bond donors (Lipinski definition) is 0. The Balaban J connectivity index is 1.29. The predicted octanol–water partition coefficient (Wildman–Crippen LogP) is 2.20. The first kappa shape index (κ1) is 17.5. The Morgan fingerprint density at radius 3 is 2.61 bits per heavy atom. The maximum Gasteiger partial charge on any atom is 0.178 e. The molecule has 0 atom stereocenters. The number of rotatable bonds is 4. The van der Waals surface area contributed by atoms with Gasteiger partial charge in [-0.3, -0.25) is 4.90 Å². The molecule has 3 aromatic heterocycles. The highest BCUT2D eigenvalue weighted by Gasteiger charge is 2.26. The van der Waals surface area contributed by atoms with E-state index in [-0.39, 0.29) is 0 Å². The molecular weight excluding hydrogens is 352 g/mol. The molecule has 0 bridgehead atoms. The third kappa shape index (κ3) is 3.44. The molecule has 8 heteroatoms. The molecule has 2 fully saturated rings. The largest absolute Gasteiger partial charge is 0.355 e. The van der Waals surface area contributed by atoms with Crippen LogP contribution in [0.25, 0.3) is 5.65 Å². The third-order valence-corrected chi connectivity index (χ3v) is 5.87. The fourth-order valence-corrected chi connectivity index (χ4v) is 4.34. The van der Waals surface area contributed by atoms with E-state index in [9.17, 15) is 0 Å². The molecule has 0 aromatic carbocycles. The smallest absolute Gasteiger partial charge is 0.178 e. The van der Waals surface area contributed by atoms with Crippen LogP contribution in [-0.4, -0.2) is 60.9 Å². The van der Waals surface area contributed by atoms with Crippen molar-refractivity contribution < 1.29 is 0 Å². The number of aryl methyl sites for hydroxylation is 1. The maximum absolute atomic E-state index is 4.88. The molecule has 146 valence electrons. The van der Waals surface area contributed by atoms with Gasteiger partial charge >= 0.3 is 0 Å². The van der Waals surface area contributed by atoms with Gasteiger partial charge in [-0.15, -0.1) is 15.3 Å². The van der Waals surface area contributed by atoms with Crippen LogP contribution in [0.15, 0.2) is 24.4 Å². The Morgan fingerprint density at radius 1 is 1.00 bits per heavy atom. The van der Waals surface area contributed by atoms with E-state index in [4.69, 9.17) is 5.10 Å². The molecule has 0 saturated carbocycles. The van der Waals surface area contributed by atoms with Crippen LogP contribution in [0, 0.1) is 6.92 Å². The van der Waals surface area contributed by atoms with Gasteiger partial charge in [0, 0.05) is 31.7 Å². The van der Waals surface area contributed by atoms with E-state index in [1.54, 1.807) is 0 Å². The molecule has 8 nitrogen and oxygen atoms in total. The zero-order chi connectivity index (χ0) is 18.9. The van der Waals surface area contributed by atoms with Crippen LogP contribution < -0.4 is 4.90 Å². The summed E-state index contributed by atoms with van der Waals surface area (Å²) in [6.45, 7) is 7.08. The lowest BCUT2D eigenvalue weighted by Gasteiger charge is -2.30. The average molecular weight is 378 g/mol. The minimum absolute atomic E-state index is 0.403. The van der Waals surface area contributed by atoms with Crippen LogP contribution in [0.2, 0.25) is 0 Å². The number of likely N-dealkylation sites (tertiary alicyclic amines) is 1. The van der Waals surface area contributed by atoms with Crippen LogP contribution in [0.1, 0.15) is 48.9 Å². The molecule has 0 radical (unpaired) electrons. The standard InChI is InChI=1S/C20H26N8/c1-15-21-9-6-17(22-15)14-26-12-7-16(8-13-26)20-24-23-18-4-5-19(25-28(18)20)27-10-2-3-11-27/h4-6,9,16H,2-3,7-8,10-14H2,1H3. The lowest BCUT2D eigenvalue weighted by molar-refractivity contribution is 0.198. The quantitative estimate of drug-likeness (QED) is 0.689. The average Bonchev–Trinajstić information content (AvgIpc) is 3.38. The molecule has 3 aromatic rings. The number of hydrogen-bond acceptors (Lipinski definition) is 7. The van der Waals surface area contributed by atoms with E-state index < -0.39 is 0 Å². The van der Waals surface area contributed by atoms with Gasteiger partial charge in [0.1, 0.15) is 11.6 Å². The second-order valence-electron chi connectivity index (χ2n) is 7.86. The van der Waals surface area contributed by atoms with E-state index in [2.05, 4.69) is 36.0 Å². The molecule has 2 aliphatic heterocycles. The first-order valence-corrected chi connectivity index (χ1v) is 10.2. The second-order valence-corrected chi connectivity index (χ2v) is 7.86. The fraction of sp³-hybridized carbons (Fsp3) is 0.550. The van der Waals surface area contributed by atoms with Crippen LogP contribution in [0.5, 0.6) is 0 Å². The monoisotopic (exact) mass is 378 g/mol. The number of fused-ring (bicyclic) bond motifs is 1. The van der Waals surface area contributed by atoms with E-state index in [0.29, 0.717) is 5.92 Å². The fourth-order valence-electron chi connectivity index (χ4n) is 4.34. The zero-order valence-electron chi connectivity index (χ0n) is 16.3. The van der Waals surface area contributed by atoms with Crippen molar-refractivity contribution in [1.29, 1.82) is 0 Å². The SMILES string of the molecule is Cc1nccc(CN2CCC(c3nnc4ccc(N5CCCC5)nn34)CC2)n1. The van der Waals surface area contributed by atoms with E-state index >= 15 is 0 Å².